The molecule has 2 saturated heterocycles. The number of rotatable bonds is 4. The average molecular weight is 416 g/mol. The normalized spacial score (nSPS) is 20.6. The number of ether oxygens (including phenoxy) is 1. The molecule has 2 heterocycles. The van der Waals surface area contributed by atoms with Gasteiger partial charge in [0, 0.05) is 13.1 Å². The molecule has 1 aromatic rings. The summed E-state index contributed by atoms with van der Waals surface area (Å²) in [6, 6.07) is 8.72. The SMILES string of the molecule is CN1CCC(C2CCN(C(=O)[C@H](NC(=O)OC(C)(C)C)c3ccccc3)CC2)CC1. The Morgan fingerprint density at radius 3 is 2.03 bits per heavy atom. The van der Waals surface area contributed by atoms with Crippen molar-refractivity contribution in [3.63, 3.8) is 0 Å². The number of hydrogen-bond donors (Lipinski definition) is 1. The summed E-state index contributed by atoms with van der Waals surface area (Å²) in [4.78, 5) is 30.1. The predicted molar refractivity (Wildman–Crippen MR) is 118 cm³/mol. The first kappa shape index (κ1) is 22.6. The lowest BCUT2D eigenvalue weighted by Crippen LogP contribution is -2.48. The van der Waals surface area contributed by atoms with Gasteiger partial charge in [0.15, 0.2) is 0 Å². The molecule has 0 spiro atoms. The molecule has 3 rings (SSSR count). The van der Waals surface area contributed by atoms with Crippen molar-refractivity contribution in [2.24, 2.45) is 11.8 Å². The van der Waals surface area contributed by atoms with E-state index in [0.29, 0.717) is 5.92 Å². The van der Waals surface area contributed by atoms with Gasteiger partial charge in [-0.2, -0.15) is 0 Å². The Labute approximate surface area is 180 Å². The molecule has 0 radical (unpaired) electrons. The number of benzene rings is 1. The van der Waals surface area contributed by atoms with Crippen molar-refractivity contribution >= 4 is 12.0 Å². The van der Waals surface area contributed by atoms with Gasteiger partial charge in [0.25, 0.3) is 0 Å². The molecule has 0 aliphatic carbocycles. The van der Waals surface area contributed by atoms with Crippen molar-refractivity contribution < 1.29 is 14.3 Å². The summed E-state index contributed by atoms with van der Waals surface area (Å²) in [6.45, 7) is 9.34. The van der Waals surface area contributed by atoms with E-state index in [4.69, 9.17) is 4.74 Å². The first-order valence-electron chi connectivity index (χ1n) is 11.2. The molecule has 1 atom stereocenters. The Morgan fingerprint density at radius 1 is 0.967 bits per heavy atom. The van der Waals surface area contributed by atoms with Gasteiger partial charge in [0.05, 0.1) is 0 Å². The van der Waals surface area contributed by atoms with Crippen molar-refractivity contribution in [2.45, 2.75) is 58.1 Å². The van der Waals surface area contributed by atoms with E-state index in [0.717, 1.165) is 37.4 Å². The van der Waals surface area contributed by atoms with E-state index in [1.54, 1.807) is 0 Å². The molecule has 2 aliphatic heterocycles. The highest BCUT2D eigenvalue weighted by atomic mass is 16.6. The maximum Gasteiger partial charge on any atom is 0.408 e. The molecule has 6 heteroatoms. The summed E-state index contributed by atoms with van der Waals surface area (Å²) in [6.07, 6.45) is 4.07. The molecule has 1 N–H and O–H groups in total. The van der Waals surface area contributed by atoms with Crippen molar-refractivity contribution in [1.29, 1.82) is 0 Å². The zero-order valence-corrected chi connectivity index (χ0v) is 18.9. The largest absolute Gasteiger partial charge is 0.444 e. The minimum atomic E-state index is -0.721. The van der Waals surface area contributed by atoms with Crippen LogP contribution in [0.2, 0.25) is 0 Å². The van der Waals surface area contributed by atoms with E-state index in [1.807, 2.05) is 56.0 Å². The minimum Gasteiger partial charge on any atom is -0.444 e. The van der Waals surface area contributed by atoms with Crippen molar-refractivity contribution in [3.05, 3.63) is 35.9 Å². The molecule has 2 amide bonds. The lowest BCUT2D eigenvalue weighted by atomic mass is 9.79. The maximum absolute atomic E-state index is 13.4. The van der Waals surface area contributed by atoms with Crippen LogP contribution in [-0.2, 0) is 9.53 Å². The fourth-order valence-electron chi connectivity index (χ4n) is 4.63. The molecule has 0 aromatic heterocycles. The topological polar surface area (TPSA) is 61.9 Å². The van der Waals surface area contributed by atoms with Crippen LogP contribution in [0.1, 0.15) is 58.1 Å². The summed E-state index contributed by atoms with van der Waals surface area (Å²) in [5.74, 6) is 1.44. The van der Waals surface area contributed by atoms with Crippen molar-refractivity contribution in [3.8, 4) is 0 Å². The third-order valence-corrected chi connectivity index (χ3v) is 6.32. The Hall–Kier alpha value is -2.08. The molecular weight excluding hydrogens is 378 g/mol. The van der Waals surface area contributed by atoms with Gasteiger partial charge in [-0.15, -0.1) is 0 Å². The van der Waals surface area contributed by atoms with Crippen LogP contribution >= 0.6 is 0 Å². The number of nitrogens with one attached hydrogen (secondary N) is 1. The lowest BCUT2D eigenvalue weighted by Gasteiger charge is -2.40. The highest BCUT2D eigenvalue weighted by Gasteiger charge is 2.34. The molecular formula is C24H37N3O3. The molecule has 1 aromatic carbocycles. The molecule has 166 valence electrons. The molecule has 0 unspecified atom stereocenters. The van der Waals surface area contributed by atoms with Gasteiger partial charge in [-0.25, -0.2) is 4.79 Å². The molecule has 0 saturated carbocycles. The zero-order valence-electron chi connectivity index (χ0n) is 18.9. The van der Waals surface area contributed by atoms with Crippen LogP contribution in [0.4, 0.5) is 4.79 Å². The quantitative estimate of drug-likeness (QED) is 0.812. The Kier molecular flexibility index (Phi) is 7.40. The number of amides is 2. The molecule has 2 aliphatic rings. The van der Waals surface area contributed by atoms with E-state index in [2.05, 4.69) is 17.3 Å². The second-order valence-electron chi connectivity index (χ2n) is 9.79. The van der Waals surface area contributed by atoms with E-state index >= 15 is 0 Å². The fraction of sp³-hybridized carbons (Fsp3) is 0.667. The lowest BCUT2D eigenvalue weighted by molar-refractivity contribution is -0.135. The number of nitrogens with zero attached hydrogens (tertiary/aromatic N) is 2. The molecule has 0 bridgehead atoms. The Balaban J connectivity index is 1.63. The van der Waals surface area contributed by atoms with Gasteiger partial charge in [0.2, 0.25) is 5.91 Å². The number of likely N-dealkylation sites (tertiary alicyclic amines) is 2. The smallest absolute Gasteiger partial charge is 0.408 e. The summed E-state index contributed by atoms with van der Waals surface area (Å²) in [5, 5.41) is 2.81. The highest BCUT2D eigenvalue weighted by Crippen LogP contribution is 2.33. The Bertz CT molecular complexity index is 700. The first-order chi connectivity index (χ1) is 14.2. The van der Waals surface area contributed by atoms with Gasteiger partial charge >= 0.3 is 6.09 Å². The van der Waals surface area contributed by atoms with Crippen LogP contribution in [0.25, 0.3) is 0 Å². The number of alkyl carbamates (subject to hydrolysis) is 1. The standard InChI is InChI=1S/C24H37N3O3/c1-24(2,3)30-23(29)25-21(20-8-6-5-7-9-20)22(28)27-16-12-19(13-17-27)18-10-14-26(4)15-11-18/h5-9,18-19,21H,10-17H2,1-4H3,(H,25,29)/t21-/m1/s1. The highest BCUT2D eigenvalue weighted by molar-refractivity contribution is 5.87. The van der Waals surface area contributed by atoms with Gasteiger partial charge in [-0.1, -0.05) is 30.3 Å². The van der Waals surface area contributed by atoms with E-state index in [-0.39, 0.29) is 5.91 Å². The number of carbonyl (C=O) groups is 2. The van der Waals surface area contributed by atoms with Crippen molar-refractivity contribution in [1.82, 2.24) is 15.1 Å². The van der Waals surface area contributed by atoms with Gasteiger partial charge in [-0.3, -0.25) is 4.79 Å². The number of hydrogen-bond acceptors (Lipinski definition) is 4. The van der Waals surface area contributed by atoms with Gasteiger partial charge in [-0.05, 0) is 84.0 Å². The summed E-state index contributed by atoms with van der Waals surface area (Å²) < 4.78 is 5.41. The number of piperidine rings is 2. The van der Waals surface area contributed by atoms with Crippen LogP contribution in [0.3, 0.4) is 0 Å². The van der Waals surface area contributed by atoms with Crippen LogP contribution in [-0.4, -0.2) is 60.6 Å². The molecule has 30 heavy (non-hydrogen) atoms. The molecule has 2 fully saturated rings. The predicted octanol–water partition coefficient (Wildman–Crippen LogP) is 3.83. The zero-order chi connectivity index (χ0) is 21.7. The maximum atomic E-state index is 13.4. The Morgan fingerprint density at radius 2 is 1.50 bits per heavy atom. The van der Waals surface area contributed by atoms with Crippen LogP contribution in [0.15, 0.2) is 30.3 Å². The van der Waals surface area contributed by atoms with E-state index in [9.17, 15) is 9.59 Å². The third kappa shape index (κ3) is 6.21. The van der Waals surface area contributed by atoms with Crippen LogP contribution in [0.5, 0.6) is 0 Å². The van der Waals surface area contributed by atoms with Gasteiger partial charge < -0.3 is 19.9 Å². The summed E-state index contributed by atoms with van der Waals surface area (Å²) >= 11 is 0. The fourth-order valence-corrected chi connectivity index (χ4v) is 4.63. The van der Waals surface area contributed by atoms with Gasteiger partial charge in [0.1, 0.15) is 11.6 Å². The van der Waals surface area contributed by atoms with Crippen LogP contribution < -0.4 is 5.32 Å². The van der Waals surface area contributed by atoms with Crippen LogP contribution in [0, 0.1) is 11.8 Å². The third-order valence-electron chi connectivity index (χ3n) is 6.32. The second kappa shape index (κ2) is 9.82. The molecule has 6 nitrogen and oxygen atoms in total. The second-order valence-corrected chi connectivity index (χ2v) is 9.79. The van der Waals surface area contributed by atoms with E-state index in [1.165, 1.54) is 25.9 Å². The average Bonchev–Trinajstić information content (AvgIpc) is 2.72. The summed E-state index contributed by atoms with van der Waals surface area (Å²) in [5.41, 5.74) is 0.173. The summed E-state index contributed by atoms with van der Waals surface area (Å²) in [7, 11) is 2.19. The minimum absolute atomic E-state index is 0.0473. The monoisotopic (exact) mass is 415 g/mol. The number of carbonyl (C=O) groups excluding carboxylic acids is 2. The van der Waals surface area contributed by atoms with Crippen molar-refractivity contribution in [2.75, 3.05) is 33.2 Å². The first-order valence-corrected chi connectivity index (χ1v) is 11.2. The van der Waals surface area contributed by atoms with E-state index < -0.39 is 17.7 Å².